The second-order valence-electron chi connectivity index (χ2n) is 10.1. The molecule has 0 saturated carbocycles. The van der Waals surface area contributed by atoms with Crippen molar-refractivity contribution in [2.75, 3.05) is 37.4 Å². The summed E-state index contributed by atoms with van der Waals surface area (Å²) in [6, 6.07) is 11.6. The molecule has 4 heterocycles. The van der Waals surface area contributed by atoms with Gasteiger partial charge < -0.3 is 19.6 Å². The number of piperidine rings is 1. The molecule has 0 bridgehead atoms. The number of hydrogen-bond acceptors (Lipinski definition) is 6. The van der Waals surface area contributed by atoms with E-state index in [1.807, 2.05) is 50.5 Å². The number of carbonyl (C=O) groups excluding carboxylic acids is 1. The summed E-state index contributed by atoms with van der Waals surface area (Å²) in [6.45, 7) is 1.51. The lowest BCUT2D eigenvalue weighted by atomic mass is 9.85. The molecule has 186 valence electrons. The molecule has 3 aromatic heterocycles. The smallest absolute Gasteiger partial charge is 0.245 e. The highest BCUT2D eigenvalue weighted by Gasteiger charge is 2.44. The lowest BCUT2D eigenvalue weighted by molar-refractivity contribution is -0.127. The Labute approximate surface area is 210 Å². The van der Waals surface area contributed by atoms with Gasteiger partial charge in [0, 0.05) is 30.0 Å². The average Bonchev–Trinajstić information content (AvgIpc) is 3.57. The molecule has 1 aliphatic heterocycles. The Bertz CT molecular complexity index is 1380. The number of aromatic amines is 1. The summed E-state index contributed by atoms with van der Waals surface area (Å²) >= 11 is 0. The Morgan fingerprint density at radius 1 is 1.11 bits per heavy atom. The molecule has 6 rings (SSSR count). The molecule has 1 saturated heterocycles. The normalized spacial score (nSPS) is 17.4. The molecule has 1 aliphatic carbocycles. The van der Waals surface area contributed by atoms with Crippen molar-refractivity contribution in [3.05, 3.63) is 60.2 Å². The van der Waals surface area contributed by atoms with Crippen LogP contribution >= 0.6 is 0 Å². The Balaban J connectivity index is 1.23. The zero-order valence-corrected chi connectivity index (χ0v) is 20.9. The maximum absolute atomic E-state index is 13.7. The molecule has 8 heteroatoms. The zero-order chi connectivity index (χ0) is 24.7. The molecule has 1 amide bonds. The predicted molar refractivity (Wildman–Crippen MR) is 141 cm³/mol. The lowest BCUT2D eigenvalue weighted by Gasteiger charge is -2.45. The molecule has 4 aromatic rings. The Kier molecular flexibility index (Phi) is 5.76. The van der Waals surface area contributed by atoms with Gasteiger partial charge in [-0.3, -0.25) is 9.69 Å². The van der Waals surface area contributed by atoms with E-state index < -0.39 is 5.54 Å². The van der Waals surface area contributed by atoms with E-state index >= 15 is 0 Å². The minimum Gasteiger partial charge on any atom is -0.464 e. The molecule has 1 fully saturated rings. The van der Waals surface area contributed by atoms with Crippen LogP contribution in [0.5, 0.6) is 0 Å². The van der Waals surface area contributed by atoms with Crippen molar-refractivity contribution >= 4 is 28.4 Å². The molecular formula is C28H32N6O2. The van der Waals surface area contributed by atoms with Gasteiger partial charge in [0.05, 0.1) is 11.6 Å². The first-order valence-corrected chi connectivity index (χ1v) is 12.8. The third-order valence-electron chi connectivity index (χ3n) is 7.96. The van der Waals surface area contributed by atoms with Crippen molar-refractivity contribution in [1.82, 2.24) is 19.9 Å². The first-order chi connectivity index (χ1) is 17.5. The number of anilines is 2. The minimum absolute atomic E-state index is 0.0237. The van der Waals surface area contributed by atoms with E-state index in [2.05, 4.69) is 25.1 Å². The van der Waals surface area contributed by atoms with Crippen molar-refractivity contribution in [2.45, 2.75) is 44.1 Å². The predicted octanol–water partition coefficient (Wildman–Crippen LogP) is 4.64. The van der Waals surface area contributed by atoms with Gasteiger partial charge in [-0.1, -0.05) is 12.1 Å². The summed E-state index contributed by atoms with van der Waals surface area (Å²) in [4.78, 5) is 30.9. The SMILES string of the molecule is CN(C)C1(C(=O)Nc2cccc(-c3ccco3)c2)CCN(c2ncnc3[nH]c4c(c23)CCCC4)CC1. The summed E-state index contributed by atoms with van der Waals surface area (Å²) in [5.74, 6) is 1.80. The van der Waals surface area contributed by atoms with Crippen LogP contribution in [0.25, 0.3) is 22.4 Å². The summed E-state index contributed by atoms with van der Waals surface area (Å²) < 4.78 is 5.53. The Morgan fingerprint density at radius 2 is 1.94 bits per heavy atom. The summed E-state index contributed by atoms with van der Waals surface area (Å²) in [5, 5.41) is 4.36. The van der Waals surface area contributed by atoms with Gasteiger partial charge in [0.15, 0.2) is 0 Å². The number of aryl methyl sites for hydroxylation is 2. The largest absolute Gasteiger partial charge is 0.464 e. The van der Waals surface area contributed by atoms with Crippen LogP contribution in [0.4, 0.5) is 11.5 Å². The first kappa shape index (κ1) is 22.8. The number of amides is 1. The van der Waals surface area contributed by atoms with Crippen LogP contribution in [0.15, 0.2) is 53.4 Å². The van der Waals surface area contributed by atoms with E-state index in [9.17, 15) is 4.79 Å². The number of nitrogens with zero attached hydrogens (tertiary/aromatic N) is 4. The highest BCUT2D eigenvalue weighted by molar-refractivity contribution is 5.99. The number of likely N-dealkylation sites (N-methyl/N-ethyl adjacent to an activating group) is 1. The molecule has 2 aliphatic rings. The molecule has 2 N–H and O–H groups in total. The second kappa shape index (κ2) is 9.09. The van der Waals surface area contributed by atoms with Gasteiger partial charge in [0.1, 0.15) is 29.1 Å². The van der Waals surface area contributed by atoms with Crippen LogP contribution in [-0.2, 0) is 17.6 Å². The topological polar surface area (TPSA) is 90.3 Å². The molecule has 36 heavy (non-hydrogen) atoms. The van der Waals surface area contributed by atoms with Crippen LogP contribution in [0.3, 0.4) is 0 Å². The fourth-order valence-electron chi connectivity index (χ4n) is 5.86. The highest BCUT2D eigenvalue weighted by atomic mass is 16.3. The number of rotatable bonds is 5. The standard InChI is InChI=1S/C28H32N6O2/c1-33(2)28(27(35)31-20-8-5-7-19(17-20)23-11-6-16-36-23)12-14-34(15-13-28)26-24-21-9-3-4-10-22(21)32-25(24)29-18-30-26/h5-8,11,16-18H,3-4,9-10,12-15H2,1-2H3,(H,31,35)(H,29,30,32). The van der Waals surface area contributed by atoms with Crippen molar-refractivity contribution in [3.63, 3.8) is 0 Å². The monoisotopic (exact) mass is 484 g/mol. The number of nitrogens with one attached hydrogen (secondary N) is 2. The van der Waals surface area contributed by atoms with E-state index in [0.717, 1.165) is 54.4 Å². The van der Waals surface area contributed by atoms with E-state index in [4.69, 9.17) is 9.40 Å². The second-order valence-corrected chi connectivity index (χ2v) is 10.1. The molecule has 0 radical (unpaired) electrons. The van der Waals surface area contributed by atoms with E-state index in [1.54, 1.807) is 12.6 Å². The summed E-state index contributed by atoms with van der Waals surface area (Å²) in [6.07, 6.45) is 9.32. The summed E-state index contributed by atoms with van der Waals surface area (Å²) in [5.41, 5.74) is 4.74. The quantitative estimate of drug-likeness (QED) is 0.429. The number of hydrogen-bond donors (Lipinski definition) is 2. The van der Waals surface area contributed by atoms with E-state index in [1.165, 1.54) is 29.5 Å². The van der Waals surface area contributed by atoms with Gasteiger partial charge in [0.25, 0.3) is 0 Å². The maximum Gasteiger partial charge on any atom is 0.245 e. The number of furan rings is 1. The van der Waals surface area contributed by atoms with Crippen LogP contribution in [-0.4, -0.2) is 58.5 Å². The highest BCUT2D eigenvalue weighted by Crippen LogP contribution is 2.37. The van der Waals surface area contributed by atoms with Gasteiger partial charge in [-0.15, -0.1) is 0 Å². The molecule has 0 atom stereocenters. The maximum atomic E-state index is 13.7. The van der Waals surface area contributed by atoms with Gasteiger partial charge in [-0.05, 0) is 82.4 Å². The Hall–Kier alpha value is -3.65. The van der Waals surface area contributed by atoms with Crippen LogP contribution in [0, 0.1) is 0 Å². The van der Waals surface area contributed by atoms with Gasteiger partial charge in [-0.2, -0.15) is 0 Å². The van der Waals surface area contributed by atoms with Crippen molar-refractivity contribution in [1.29, 1.82) is 0 Å². The molecular weight excluding hydrogens is 452 g/mol. The van der Waals surface area contributed by atoms with Crippen LogP contribution < -0.4 is 10.2 Å². The number of H-pyrrole nitrogens is 1. The van der Waals surface area contributed by atoms with E-state index in [-0.39, 0.29) is 5.91 Å². The van der Waals surface area contributed by atoms with Crippen molar-refractivity contribution in [2.24, 2.45) is 0 Å². The molecule has 0 spiro atoms. The molecule has 1 aromatic carbocycles. The third kappa shape index (κ3) is 3.86. The molecule has 0 unspecified atom stereocenters. The number of aromatic nitrogens is 3. The van der Waals surface area contributed by atoms with Gasteiger partial charge in [0.2, 0.25) is 5.91 Å². The summed E-state index contributed by atoms with van der Waals surface area (Å²) in [7, 11) is 4.00. The average molecular weight is 485 g/mol. The van der Waals surface area contributed by atoms with Crippen molar-refractivity contribution in [3.8, 4) is 11.3 Å². The number of benzene rings is 1. The van der Waals surface area contributed by atoms with E-state index in [0.29, 0.717) is 12.8 Å². The van der Waals surface area contributed by atoms with Crippen LogP contribution in [0.2, 0.25) is 0 Å². The first-order valence-electron chi connectivity index (χ1n) is 12.8. The fourth-order valence-corrected chi connectivity index (χ4v) is 5.86. The third-order valence-corrected chi connectivity index (χ3v) is 7.96. The van der Waals surface area contributed by atoms with Crippen molar-refractivity contribution < 1.29 is 9.21 Å². The van der Waals surface area contributed by atoms with Gasteiger partial charge >= 0.3 is 0 Å². The molecule has 8 nitrogen and oxygen atoms in total. The number of carbonyl (C=O) groups is 1. The Morgan fingerprint density at radius 3 is 2.72 bits per heavy atom. The van der Waals surface area contributed by atoms with Gasteiger partial charge in [-0.25, -0.2) is 9.97 Å². The fraction of sp³-hybridized carbons (Fsp3) is 0.393. The lowest BCUT2D eigenvalue weighted by Crippen LogP contribution is -2.59. The van der Waals surface area contributed by atoms with Crippen LogP contribution in [0.1, 0.15) is 36.9 Å². The minimum atomic E-state index is -0.596. The number of fused-ring (bicyclic) bond motifs is 3. The zero-order valence-electron chi connectivity index (χ0n) is 20.9.